The van der Waals surface area contributed by atoms with E-state index in [1.54, 1.807) is 0 Å². The largest absolute Gasteiger partial charge is 0.214 e. The van der Waals surface area contributed by atoms with Crippen LogP contribution in [0.15, 0.2) is 30.3 Å². The molecule has 34 heavy (non-hydrogen) atoms. The summed E-state index contributed by atoms with van der Waals surface area (Å²) in [5, 5.41) is 5.84. The molecule has 1 aromatic rings. The smallest absolute Gasteiger partial charge is 0 e. The van der Waals surface area contributed by atoms with E-state index in [4.69, 9.17) is 15.3 Å². The molecular formula is C20H35F9GeHfO3-. The molecule has 0 saturated carbocycles. The van der Waals surface area contributed by atoms with E-state index in [1.807, 2.05) is 71.9 Å². The van der Waals surface area contributed by atoms with E-state index in [0.29, 0.717) is 37.6 Å². The van der Waals surface area contributed by atoms with Crippen LogP contribution in [-0.4, -0.2) is 64.5 Å². The predicted molar refractivity (Wildman–Crippen MR) is 112 cm³/mol. The SMILES string of the molecule is CC(C)CO.CC(C)CO.CC(C)CO.F[C](F)(F)[Ge]([C](F)(F)F)[C](F)(F)F.[Hf].c1cc[cH-]c1. The Morgan fingerprint density at radius 1 is 0.588 bits per heavy atom. The van der Waals surface area contributed by atoms with Crippen LogP contribution in [0, 0.1) is 17.8 Å². The van der Waals surface area contributed by atoms with Gasteiger partial charge in [-0.2, -0.15) is 18.2 Å². The van der Waals surface area contributed by atoms with Crippen molar-refractivity contribution in [2.45, 2.75) is 56.6 Å². The molecule has 0 fully saturated rings. The second-order valence-corrected chi connectivity index (χ2v) is 12.7. The molecule has 1 aromatic carbocycles. The van der Waals surface area contributed by atoms with E-state index < -0.39 is 29.4 Å². The minimum absolute atomic E-state index is 0. The van der Waals surface area contributed by atoms with Crippen LogP contribution in [0.4, 0.5) is 39.5 Å². The monoisotopic (exact) mass is 748 g/mol. The Morgan fingerprint density at radius 2 is 0.765 bits per heavy atom. The van der Waals surface area contributed by atoms with E-state index in [-0.39, 0.29) is 25.8 Å². The molecule has 0 unspecified atom stereocenters. The van der Waals surface area contributed by atoms with Gasteiger partial charge in [0.1, 0.15) is 0 Å². The van der Waals surface area contributed by atoms with E-state index >= 15 is 0 Å². The summed E-state index contributed by atoms with van der Waals surface area (Å²) in [5.74, 6) is 1.32. The standard InChI is InChI=1S/C5H5.3C4H10O.C3F9Ge.Hf/c1-2-4-5-3-1;3*1-4(2)3-5;4-1(5,6)13(2(7,8)9)3(10,11)12;/h1-5H;3*4-5H,3H2,1-2H3;;/q-1;;;;;. The van der Waals surface area contributed by atoms with Crippen molar-refractivity contribution >= 4 is 14.3 Å². The number of rotatable bonds is 3. The Bertz CT molecular complexity index is 435. The number of aliphatic hydroxyl groups excluding tert-OH is 3. The Labute approximate surface area is 219 Å². The molecule has 0 aromatic heterocycles. The van der Waals surface area contributed by atoms with Gasteiger partial charge in [-0.1, -0.05) is 41.5 Å². The van der Waals surface area contributed by atoms with Gasteiger partial charge in [0, 0.05) is 45.7 Å². The van der Waals surface area contributed by atoms with Gasteiger partial charge < -0.3 is 15.3 Å². The first-order valence-corrected chi connectivity index (χ1v) is 12.9. The zero-order valence-corrected chi connectivity index (χ0v) is 25.7. The Kier molecular flexibility index (Phi) is 30.3. The first-order chi connectivity index (χ1) is 14.7. The zero-order chi connectivity index (χ0) is 27.5. The maximum atomic E-state index is 11.3. The normalized spacial score (nSPS) is 11.2. The van der Waals surface area contributed by atoms with Crippen molar-refractivity contribution in [3.05, 3.63) is 30.3 Å². The molecule has 0 atom stereocenters. The molecule has 14 heteroatoms. The molecule has 1 rings (SSSR count). The molecular weight excluding hydrogens is 710 g/mol. The van der Waals surface area contributed by atoms with Crippen LogP contribution in [0.25, 0.3) is 0 Å². The molecule has 3 N–H and O–H groups in total. The molecule has 0 saturated heterocycles. The molecule has 205 valence electrons. The third-order valence-corrected chi connectivity index (χ3v) is 6.07. The van der Waals surface area contributed by atoms with Gasteiger partial charge in [-0.15, -0.1) is 0 Å². The summed E-state index contributed by atoms with van der Waals surface area (Å²) in [5.41, 5.74) is 0. The van der Waals surface area contributed by atoms with Gasteiger partial charge in [0.15, 0.2) is 0 Å². The number of hydrogen-bond donors (Lipinski definition) is 3. The summed E-state index contributed by atoms with van der Waals surface area (Å²) in [6, 6.07) is 10.0. The van der Waals surface area contributed by atoms with Gasteiger partial charge >= 0.3 is 68.9 Å². The van der Waals surface area contributed by atoms with Crippen molar-refractivity contribution < 1.29 is 80.7 Å². The van der Waals surface area contributed by atoms with E-state index in [0.717, 1.165) is 0 Å². The summed E-state index contributed by atoms with van der Waals surface area (Å²) in [7, 11) is 0. The van der Waals surface area contributed by atoms with Gasteiger partial charge in [0.05, 0.1) is 0 Å². The number of alkyl halides is 9. The minimum atomic E-state index is -7.10. The van der Waals surface area contributed by atoms with Crippen molar-refractivity contribution in [2.75, 3.05) is 19.8 Å². The molecule has 0 bridgehead atoms. The van der Waals surface area contributed by atoms with Crippen molar-refractivity contribution in [1.82, 2.24) is 0 Å². The van der Waals surface area contributed by atoms with Gasteiger partial charge in [-0.25, -0.2) is 12.1 Å². The van der Waals surface area contributed by atoms with E-state index in [9.17, 15) is 39.5 Å². The molecule has 0 amide bonds. The molecule has 1 radical (unpaired) electrons. The van der Waals surface area contributed by atoms with Crippen molar-refractivity contribution in [3.8, 4) is 0 Å². The maximum absolute atomic E-state index is 11.3. The first kappa shape index (κ1) is 44.0. The van der Waals surface area contributed by atoms with Crippen molar-refractivity contribution in [2.24, 2.45) is 17.8 Å². The fourth-order valence-electron chi connectivity index (χ4n) is 0.803. The molecule has 0 aliphatic rings. The van der Waals surface area contributed by atoms with Crippen LogP contribution in [0.5, 0.6) is 0 Å². The minimum Gasteiger partial charge on any atom is -0.214 e. The van der Waals surface area contributed by atoms with E-state index in [2.05, 4.69) is 0 Å². The molecule has 0 heterocycles. The van der Waals surface area contributed by atoms with Crippen molar-refractivity contribution in [1.29, 1.82) is 0 Å². The van der Waals surface area contributed by atoms with Crippen molar-refractivity contribution in [3.63, 3.8) is 0 Å². The molecule has 0 aliphatic heterocycles. The van der Waals surface area contributed by atoms with Crippen LogP contribution >= 0.6 is 0 Å². The first-order valence-electron chi connectivity index (χ1n) is 9.76. The average molecular weight is 746 g/mol. The summed E-state index contributed by atoms with van der Waals surface area (Å²) >= 11 is -7.10. The van der Waals surface area contributed by atoms with Crippen LogP contribution in [-0.2, 0) is 25.8 Å². The Balaban J connectivity index is -0.000000112. The number of aliphatic hydroxyl groups is 3. The Morgan fingerprint density at radius 3 is 0.794 bits per heavy atom. The number of hydrogen-bond acceptors (Lipinski definition) is 3. The van der Waals surface area contributed by atoms with Gasteiger partial charge in [0.25, 0.3) is 0 Å². The fourth-order valence-corrected chi connectivity index (χ4v) is 2.83. The second kappa shape index (κ2) is 23.4. The van der Waals surface area contributed by atoms with Crippen LogP contribution < -0.4 is 0 Å². The fraction of sp³-hybridized carbons (Fsp3) is 0.750. The summed E-state index contributed by atoms with van der Waals surface area (Å²) in [6.07, 6.45) is 0. The van der Waals surface area contributed by atoms with Gasteiger partial charge in [-0.05, 0) is 17.8 Å². The van der Waals surface area contributed by atoms with Gasteiger partial charge in [-0.3, -0.25) is 0 Å². The summed E-state index contributed by atoms with van der Waals surface area (Å²) in [6.45, 7) is 12.7. The topological polar surface area (TPSA) is 60.7 Å². The maximum Gasteiger partial charge on any atom is 0 e. The van der Waals surface area contributed by atoms with Crippen LogP contribution in [0.1, 0.15) is 41.5 Å². The number of halogens is 9. The average Bonchev–Trinajstić information content (AvgIpc) is 3.19. The third kappa shape index (κ3) is 36.6. The summed E-state index contributed by atoms with van der Waals surface area (Å²) in [4.78, 5) is 0. The van der Waals surface area contributed by atoms with Crippen LogP contribution in [0.2, 0.25) is 0 Å². The third-order valence-electron chi connectivity index (χ3n) is 2.50. The quantitative estimate of drug-likeness (QED) is 0.200. The molecule has 3 nitrogen and oxygen atoms in total. The Hall–Kier alpha value is 0.0130. The molecule has 0 spiro atoms. The summed E-state index contributed by atoms with van der Waals surface area (Å²) < 4.78 is 102. The predicted octanol–water partition coefficient (Wildman–Crippen LogP) is 6.09. The molecule has 0 aliphatic carbocycles. The van der Waals surface area contributed by atoms with Gasteiger partial charge in [0.2, 0.25) is 0 Å². The van der Waals surface area contributed by atoms with Crippen LogP contribution in [0.3, 0.4) is 0 Å². The van der Waals surface area contributed by atoms with E-state index in [1.165, 1.54) is 0 Å². The zero-order valence-electron chi connectivity index (χ0n) is 20.0. The second-order valence-electron chi connectivity index (χ2n) is 7.56.